The molecule has 1 saturated carbocycles. The van der Waals surface area contributed by atoms with Gasteiger partial charge in [0.05, 0.1) is 18.1 Å². The van der Waals surface area contributed by atoms with Crippen LogP contribution in [0.1, 0.15) is 25.3 Å². The number of hydrogen-bond donors (Lipinski definition) is 1. The summed E-state index contributed by atoms with van der Waals surface area (Å²) in [6.45, 7) is 6.68. The van der Waals surface area contributed by atoms with E-state index in [-0.39, 0.29) is 11.3 Å². The Kier molecular flexibility index (Phi) is 5.54. The maximum Gasteiger partial charge on any atom is 0.233 e. The normalized spacial score (nSPS) is 21.5. The molecule has 1 aromatic carbocycles. The molecule has 1 atom stereocenters. The van der Waals surface area contributed by atoms with E-state index >= 15 is 0 Å². The van der Waals surface area contributed by atoms with Crippen LogP contribution in [0.5, 0.6) is 0 Å². The van der Waals surface area contributed by atoms with Gasteiger partial charge < -0.3 is 14.7 Å². The van der Waals surface area contributed by atoms with Crippen molar-refractivity contribution in [1.29, 1.82) is 0 Å². The summed E-state index contributed by atoms with van der Waals surface area (Å²) in [6, 6.07) is 10.2. The molecule has 5 heteroatoms. The first-order chi connectivity index (χ1) is 11.7. The second kappa shape index (κ2) is 7.64. The molecule has 1 heterocycles. The van der Waals surface area contributed by atoms with Crippen LogP contribution in [0.15, 0.2) is 30.3 Å². The molecule has 1 N–H and O–H groups in total. The third-order valence-electron chi connectivity index (χ3n) is 5.13. The van der Waals surface area contributed by atoms with Gasteiger partial charge in [-0.25, -0.2) is 0 Å². The lowest BCUT2D eigenvalue weighted by atomic mass is 9.94. The minimum absolute atomic E-state index is 0.266. The SMILES string of the molecule is CCOC[C@@H](O)CN1CCN(C(=O)C2(c3ccccc3)CC2)CC1. The van der Waals surface area contributed by atoms with Crippen LogP contribution >= 0.6 is 0 Å². The number of carbonyl (C=O) groups is 1. The molecule has 0 spiro atoms. The first kappa shape index (κ1) is 17.4. The van der Waals surface area contributed by atoms with Crippen LogP contribution in [0.3, 0.4) is 0 Å². The van der Waals surface area contributed by atoms with Crippen LogP contribution in [0, 0.1) is 0 Å². The smallest absolute Gasteiger partial charge is 0.233 e. The fourth-order valence-corrected chi connectivity index (χ4v) is 3.55. The van der Waals surface area contributed by atoms with Crippen molar-refractivity contribution in [3.63, 3.8) is 0 Å². The van der Waals surface area contributed by atoms with Crippen molar-refractivity contribution in [3.8, 4) is 0 Å². The van der Waals surface area contributed by atoms with Gasteiger partial charge in [-0.1, -0.05) is 30.3 Å². The molecule has 1 saturated heterocycles. The number of aliphatic hydroxyl groups excluding tert-OH is 1. The third-order valence-corrected chi connectivity index (χ3v) is 5.13. The summed E-state index contributed by atoms with van der Waals surface area (Å²) >= 11 is 0. The molecule has 1 amide bonds. The maximum atomic E-state index is 13.0. The Morgan fingerprint density at radius 2 is 1.88 bits per heavy atom. The zero-order chi connectivity index (χ0) is 17.0. The van der Waals surface area contributed by atoms with E-state index in [1.165, 1.54) is 0 Å². The van der Waals surface area contributed by atoms with E-state index in [4.69, 9.17) is 4.74 Å². The number of carbonyl (C=O) groups excluding carboxylic acids is 1. The Morgan fingerprint density at radius 3 is 2.46 bits per heavy atom. The highest BCUT2D eigenvalue weighted by atomic mass is 16.5. The summed E-state index contributed by atoms with van der Waals surface area (Å²) in [7, 11) is 0. The molecule has 0 radical (unpaired) electrons. The fraction of sp³-hybridized carbons (Fsp3) is 0.632. The van der Waals surface area contributed by atoms with Crippen molar-refractivity contribution >= 4 is 5.91 Å². The summed E-state index contributed by atoms with van der Waals surface area (Å²) in [6.07, 6.45) is 1.47. The summed E-state index contributed by atoms with van der Waals surface area (Å²) in [4.78, 5) is 17.2. The van der Waals surface area contributed by atoms with E-state index in [9.17, 15) is 9.90 Å². The highest BCUT2D eigenvalue weighted by molar-refractivity contribution is 5.91. The van der Waals surface area contributed by atoms with Gasteiger partial charge in [-0.05, 0) is 25.3 Å². The lowest BCUT2D eigenvalue weighted by Gasteiger charge is -2.37. The van der Waals surface area contributed by atoms with E-state index in [1.54, 1.807) is 0 Å². The van der Waals surface area contributed by atoms with Crippen molar-refractivity contribution in [3.05, 3.63) is 35.9 Å². The quantitative estimate of drug-likeness (QED) is 0.817. The molecular formula is C19H28N2O3. The Balaban J connectivity index is 1.51. The Hall–Kier alpha value is -1.43. The van der Waals surface area contributed by atoms with E-state index in [1.807, 2.05) is 30.0 Å². The van der Waals surface area contributed by atoms with Crippen LogP contribution in [0.2, 0.25) is 0 Å². The second-order valence-corrected chi connectivity index (χ2v) is 6.85. The Morgan fingerprint density at radius 1 is 1.21 bits per heavy atom. The number of aliphatic hydroxyl groups is 1. The second-order valence-electron chi connectivity index (χ2n) is 6.85. The van der Waals surface area contributed by atoms with Gasteiger partial charge in [-0.2, -0.15) is 0 Å². The van der Waals surface area contributed by atoms with E-state index in [0.29, 0.717) is 19.8 Å². The Bertz CT molecular complexity index is 537. The molecule has 132 valence electrons. The van der Waals surface area contributed by atoms with Gasteiger partial charge >= 0.3 is 0 Å². The molecule has 5 nitrogen and oxygen atoms in total. The highest BCUT2D eigenvalue weighted by Crippen LogP contribution is 2.49. The van der Waals surface area contributed by atoms with E-state index in [2.05, 4.69) is 17.0 Å². The fourth-order valence-electron chi connectivity index (χ4n) is 3.55. The van der Waals surface area contributed by atoms with Crippen molar-refractivity contribution in [2.24, 2.45) is 0 Å². The molecular weight excluding hydrogens is 304 g/mol. The predicted molar refractivity (Wildman–Crippen MR) is 92.9 cm³/mol. The average molecular weight is 332 g/mol. The lowest BCUT2D eigenvalue weighted by molar-refractivity contribution is -0.136. The number of ether oxygens (including phenoxy) is 1. The van der Waals surface area contributed by atoms with Gasteiger partial charge in [0.1, 0.15) is 0 Å². The monoisotopic (exact) mass is 332 g/mol. The molecule has 1 aliphatic heterocycles. The van der Waals surface area contributed by atoms with Gasteiger partial charge in [-0.3, -0.25) is 9.69 Å². The molecule has 1 aliphatic carbocycles. The van der Waals surface area contributed by atoms with Gasteiger partial charge in [-0.15, -0.1) is 0 Å². The minimum Gasteiger partial charge on any atom is -0.389 e. The maximum absolute atomic E-state index is 13.0. The minimum atomic E-state index is -0.453. The van der Waals surface area contributed by atoms with Gasteiger partial charge in [0.2, 0.25) is 5.91 Å². The summed E-state index contributed by atoms with van der Waals surface area (Å²) in [5.41, 5.74) is 0.891. The predicted octanol–water partition coefficient (Wildman–Crippen LogP) is 1.26. The summed E-state index contributed by atoms with van der Waals surface area (Å²) in [5.74, 6) is 0.281. The number of nitrogens with zero attached hydrogens (tertiary/aromatic N) is 2. The van der Waals surface area contributed by atoms with Crippen molar-refractivity contribution < 1.29 is 14.6 Å². The van der Waals surface area contributed by atoms with Gasteiger partial charge in [0, 0.05) is 39.3 Å². The molecule has 3 rings (SSSR count). The molecule has 2 fully saturated rings. The number of benzene rings is 1. The van der Waals surface area contributed by atoms with Crippen molar-refractivity contribution in [1.82, 2.24) is 9.80 Å². The van der Waals surface area contributed by atoms with E-state index in [0.717, 1.165) is 44.6 Å². The first-order valence-electron chi connectivity index (χ1n) is 8.99. The number of amides is 1. The summed E-state index contributed by atoms with van der Waals surface area (Å²) < 4.78 is 5.26. The first-order valence-corrected chi connectivity index (χ1v) is 8.99. The standard InChI is InChI=1S/C19H28N2O3/c1-2-24-15-17(22)14-20-10-12-21(13-11-20)18(23)19(8-9-19)16-6-4-3-5-7-16/h3-7,17,22H,2,8-15H2,1H3/t17-/m0/s1. The van der Waals surface area contributed by atoms with Gasteiger partial charge in [0.25, 0.3) is 0 Å². The largest absolute Gasteiger partial charge is 0.389 e. The zero-order valence-corrected chi connectivity index (χ0v) is 14.5. The number of rotatable bonds is 7. The molecule has 24 heavy (non-hydrogen) atoms. The average Bonchev–Trinajstić information content (AvgIpc) is 3.43. The molecule has 1 aromatic rings. The van der Waals surface area contributed by atoms with Crippen LogP contribution in [0.4, 0.5) is 0 Å². The molecule has 0 unspecified atom stereocenters. The zero-order valence-electron chi connectivity index (χ0n) is 14.5. The van der Waals surface area contributed by atoms with Crippen molar-refractivity contribution in [2.75, 3.05) is 45.9 Å². The molecule has 2 aliphatic rings. The van der Waals surface area contributed by atoms with Gasteiger partial charge in [0.15, 0.2) is 0 Å². The molecule has 0 aromatic heterocycles. The highest BCUT2D eigenvalue weighted by Gasteiger charge is 2.53. The lowest BCUT2D eigenvalue weighted by Crippen LogP contribution is -2.53. The topological polar surface area (TPSA) is 53.0 Å². The number of hydrogen-bond acceptors (Lipinski definition) is 4. The third kappa shape index (κ3) is 3.79. The number of piperazine rings is 1. The van der Waals surface area contributed by atoms with Crippen LogP contribution in [-0.2, 0) is 14.9 Å². The van der Waals surface area contributed by atoms with Crippen LogP contribution < -0.4 is 0 Å². The van der Waals surface area contributed by atoms with E-state index < -0.39 is 6.10 Å². The summed E-state index contributed by atoms with van der Waals surface area (Å²) in [5, 5.41) is 9.95. The van der Waals surface area contributed by atoms with Crippen LogP contribution in [-0.4, -0.2) is 72.9 Å². The molecule has 0 bridgehead atoms. The Labute approximate surface area is 144 Å². The van der Waals surface area contributed by atoms with Crippen molar-refractivity contribution in [2.45, 2.75) is 31.3 Å². The van der Waals surface area contributed by atoms with Crippen LogP contribution in [0.25, 0.3) is 0 Å². The number of β-amino-alcohol motifs (C(OH)–C–C–N with tert-alkyl or cyclic N) is 1.